The fourth-order valence-corrected chi connectivity index (χ4v) is 2.81. The van der Waals surface area contributed by atoms with Crippen LogP contribution in [0.25, 0.3) is 0 Å². The summed E-state index contributed by atoms with van der Waals surface area (Å²) in [7, 11) is 0. The SMILES string of the molecule is O=C(NC1CC1)N[C@H](c1ccccc1)c1cccs1. The number of rotatable bonds is 4. The van der Waals surface area contributed by atoms with E-state index in [4.69, 9.17) is 0 Å². The number of thiophene rings is 1. The van der Waals surface area contributed by atoms with Crippen molar-refractivity contribution in [2.24, 2.45) is 0 Å². The molecule has 98 valence electrons. The summed E-state index contributed by atoms with van der Waals surface area (Å²) in [5.41, 5.74) is 1.11. The first-order chi connectivity index (χ1) is 9.33. The molecule has 19 heavy (non-hydrogen) atoms. The minimum Gasteiger partial charge on any atom is -0.335 e. The van der Waals surface area contributed by atoms with Gasteiger partial charge >= 0.3 is 6.03 Å². The third kappa shape index (κ3) is 3.15. The smallest absolute Gasteiger partial charge is 0.315 e. The van der Waals surface area contributed by atoms with Crippen molar-refractivity contribution in [2.45, 2.75) is 24.9 Å². The Hall–Kier alpha value is -1.81. The van der Waals surface area contributed by atoms with E-state index < -0.39 is 0 Å². The van der Waals surface area contributed by atoms with Crippen LogP contribution in [0, 0.1) is 0 Å². The molecule has 4 heteroatoms. The van der Waals surface area contributed by atoms with Crippen LogP contribution in [0.3, 0.4) is 0 Å². The van der Waals surface area contributed by atoms with E-state index in [0.29, 0.717) is 6.04 Å². The molecule has 0 unspecified atom stereocenters. The summed E-state index contributed by atoms with van der Waals surface area (Å²) >= 11 is 1.66. The van der Waals surface area contributed by atoms with E-state index in [1.807, 2.05) is 41.8 Å². The van der Waals surface area contributed by atoms with Crippen molar-refractivity contribution in [3.63, 3.8) is 0 Å². The van der Waals surface area contributed by atoms with Gasteiger partial charge in [-0.2, -0.15) is 0 Å². The van der Waals surface area contributed by atoms with Crippen molar-refractivity contribution in [3.8, 4) is 0 Å². The molecule has 2 N–H and O–H groups in total. The maximum Gasteiger partial charge on any atom is 0.315 e. The van der Waals surface area contributed by atoms with Crippen molar-refractivity contribution in [1.82, 2.24) is 10.6 Å². The number of nitrogens with one attached hydrogen (secondary N) is 2. The van der Waals surface area contributed by atoms with Gasteiger partial charge in [-0.15, -0.1) is 11.3 Å². The van der Waals surface area contributed by atoms with Crippen molar-refractivity contribution in [3.05, 3.63) is 58.3 Å². The van der Waals surface area contributed by atoms with Gasteiger partial charge in [0.05, 0.1) is 6.04 Å². The van der Waals surface area contributed by atoms with Crippen LogP contribution in [0.4, 0.5) is 4.79 Å². The van der Waals surface area contributed by atoms with Crippen molar-refractivity contribution in [1.29, 1.82) is 0 Å². The lowest BCUT2D eigenvalue weighted by atomic mass is 10.1. The van der Waals surface area contributed by atoms with E-state index in [1.54, 1.807) is 11.3 Å². The standard InChI is InChI=1S/C15H16N2OS/c18-15(16-12-8-9-12)17-14(13-7-4-10-19-13)11-5-2-1-3-6-11/h1-7,10,12,14H,8-9H2,(H2,16,17,18)/t14-/m1/s1. The predicted molar refractivity (Wildman–Crippen MR) is 77.3 cm³/mol. The molecule has 0 aliphatic heterocycles. The Morgan fingerprint density at radius 2 is 1.95 bits per heavy atom. The van der Waals surface area contributed by atoms with Crippen LogP contribution in [0.15, 0.2) is 47.8 Å². The normalized spacial score (nSPS) is 15.8. The zero-order valence-electron chi connectivity index (χ0n) is 10.5. The molecule has 0 spiro atoms. The average Bonchev–Trinajstić information content (AvgIpc) is 3.08. The van der Waals surface area contributed by atoms with Gasteiger partial charge in [0, 0.05) is 10.9 Å². The highest BCUT2D eigenvalue weighted by molar-refractivity contribution is 7.10. The predicted octanol–water partition coefficient (Wildman–Crippen LogP) is 3.30. The van der Waals surface area contributed by atoms with Crippen molar-refractivity contribution < 1.29 is 4.79 Å². The molecule has 1 aromatic heterocycles. The quantitative estimate of drug-likeness (QED) is 0.881. The van der Waals surface area contributed by atoms with E-state index in [-0.39, 0.29) is 12.1 Å². The van der Waals surface area contributed by atoms with Gasteiger partial charge in [0.1, 0.15) is 0 Å². The minimum atomic E-state index is -0.0789. The molecule has 2 amide bonds. The monoisotopic (exact) mass is 272 g/mol. The molecule has 1 aliphatic carbocycles. The van der Waals surface area contributed by atoms with Crippen LogP contribution in [0.2, 0.25) is 0 Å². The molecule has 1 saturated carbocycles. The summed E-state index contributed by atoms with van der Waals surface area (Å²) in [5.74, 6) is 0. The Kier molecular flexibility index (Phi) is 3.51. The number of hydrogen-bond acceptors (Lipinski definition) is 2. The van der Waals surface area contributed by atoms with Gasteiger partial charge in [0.25, 0.3) is 0 Å². The molecule has 3 nitrogen and oxygen atoms in total. The Balaban J connectivity index is 1.78. The number of hydrogen-bond donors (Lipinski definition) is 2. The molecule has 0 bridgehead atoms. The molecule has 1 atom stereocenters. The highest BCUT2D eigenvalue weighted by Gasteiger charge is 2.25. The molecule has 1 aliphatic rings. The van der Waals surface area contributed by atoms with Gasteiger partial charge in [-0.05, 0) is 29.9 Å². The molecule has 0 radical (unpaired) electrons. The van der Waals surface area contributed by atoms with Gasteiger partial charge in [0.15, 0.2) is 0 Å². The van der Waals surface area contributed by atoms with Gasteiger partial charge in [-0.3, -0.25) is 0 Å². The lowest BCUT2D eigenvalue weighted by Gasteiger charge is -2.18. The number of benzene rings is 1. The van der Waals surface area contributed by atoms with E-state index in [0.717, 1.165) is 23.3 Å². The highest BCUT2D eigenvalue weighted by Crippen LogP contribution is 2.26. The molecular formula is C15H16N2OS. The average molecular weight is 272 g/mol. The van der Waals surface area contributed by atoms with Crippen LogP contribution in [-0.2, 0) is 0 Å². The number of amides is 2. The van der Waals surface area contributed by atoms with Gasteiger partial charge < -0.3 is 10.6 Å². The fraction of sp³-hybridized carbons (Fsp3) is 0.267. The topological polar surface area (TPSA) is 41.1 Å². The largest absolute Gasteiger partial charge is 0.335 e. The summed E-state index contributed by atoms with van der Waals surface area (Å²) in [6.07, 6.45) is 2.20. The number of urea groups is 1. The third-order valence-electron chi connectivity index (χ3n) is 3.15. The number of carbonyl (C=O) groups excluding carboxylic acids is 1. The lowest BCUT2D eigenvalue weighted by Crippen LogP contribution is -2.39. The molecule has 2 aromatic rings. The molecule has 1 heterocycles. The van der Waals surface area contributed by atoms with E-state index in [2.05, 4.69) is 16.7 Å². The fourth-order valence-electron chi connectivity index (χ4n) is 2.01. The van der Waals surface area contributed by atoms with Crippen LogP contribution in [-0.4, -0.2) is 12.1 Å². The summed E-state index contributed by atoms with van der Waals surface area (Å²) in [4.78, 5) is 13.1. The third-order valence-corrected chi connectivity index (χ3v) is 4.09. The minimum absolute atomic E-state index is 0.0695. The molecule has 0 saturated heterocycles. The first-order valence-corrected chi connectivity index (χ1v) is 7.36. The van der Waals surface area contributed by atoms with Gasteiger partial charge in [-0.25, -0.2) is 4.79 Å². The van der Waals surface area contributed by atoms with Crippen LogP contribution in [0.1, 0.15) is 29.3 Å². The van der Waals surface area contributed by atoms with E-state index >= 15 is 0 Å². The lowest BCUT2D eigenvalue weighted by molar-refractivity contribution is 0.238. The molecule has 1 fully saturated rings. The zero-order chi connectivity index (χ0) is 13.1. The second kappa shape index (κ2) is 5.45. The molecule has 3 rings (SSSR count). The van der Waals surface area contributed by atoms with Crippen molar-refractivity contribution >= 4 is 17.4 Å². The van der Waals surface area contributed by atoms with Crippen LogP contribution >= 0.6 is 11.3 Å². The van der Waals surface area contributed by atoms with Crippen LogP contribution in [0.5, 0.6) is 0 Å². The summed E-state index contributed by atoms with van der Waals surface area (Å²) in [5, 5.41) is 8.07. The number of carbonyl (C=O) groups is 1. The first-order valence-electron chi connectivity index (χ1n) is 6.48. The van der Waals surface area contributed by atoms with Crippen LogP contribution < -0.4 is 10.6 Å². The zero-order valence-corrected chi connectivity index (χ0v) is 11.3. The molecular weight excluding hydrogens is 256 g/mol. The summed E-state index contributed by atoms with van der Waals surface area (Å²) in [6, 6.07) is 14.4. The maximum absolute atomic E-state index is 12.0. The van der Waals surface area contributed by atoms with Gasteiger partial charge in [0.2, 0.25) is 0 Å². The Labute approximate surface area is 116 Å². The van der Waals surface area contributed by atoms with E-state index in [1.165, 1.54) is 0 Å². The summed E-state index contributed by atoms with van der Waals surface area (Å²) < 4.78 is 0. The van der Waals surface area contributed by atoms with E-state index in [9.17, 15) is 4.79 Å². The highest BCUT2D eigenvalue weighted by atomic mass is 32.1. The van der Waals surface area contributed by atoms with Gasteiger partial charge in [-0.1, -0.05) is 36.4 Å². The molecule has 1 aromatic carbocycles. The second-order valence-electron chi connectivity index (χ2n) is 4.75. The second-order valence-corrected chi connectivity index (χ2v) is 5.73. The first kappa shape index (κ1) is 12.2. The Morgan fingerprint density at radius 1 is 1.16 bits per heavy atom. The maximum atomic E-state index is 12.0. The Morgan fingerprint density at radius 3 is 2.58 bits per heavy atom. The van der Waals surface area contributed by atoms with Crippen molar-refractivity contribution in [2.75, 3.05) is 0 Å². The summed E-state index contributed by atoms with van der Waals surface area (Å²) in [6.45, 7) is 0. The Bertz CT molecular complexity index is 535.